The molecule has 0 spiro atoms. The highest BCUT2D eigenvalue weighted by Crippen LogP contribution is 2.32. The summed E-state index contributed by atoms with van der Waals surface area (Å²) in [6.45, 7) is 3.68. The zero-order valence-corrected chi connectivity index (χ0v) is 11.3. The van der Waals surface area contributed by atoms with Crippen LogP contribution in [0, 0.1) is 5.92 Å². The molecule has 0 bridgehead atoms. The number of anilines is 1. The summed E-state index contributed by atoms with van der Waals surface area (Å²) in [7, 11) is 1.40. The molecule has 1 aliphatic rings. The van der Waals surface area contributed by atoms with E-state index in [0.29, 0.717) is 19.8 Å². The molecule has 1 aromatic carbocycles. The van der Waals surface area contributed by atoms with Crippen LogP contribution in [0.25, 0.3) is 0 Å². The van der Waals surface area contributed by atoms with Gasteiger partial charge in [-0.3, -0.25) is 4.79 Å². The fraction of sp³-hybridized carbons (Fsp3) is 0.500. The predicted octanol–water partition coefficient (Wildman–Crippen LogP) is 2.07. The van der Waals surface area contributed by atoms with Gasteiger partial charge in [-0.25, -0.2) is 0 Å². The van der Waals surface area contributed by atoms with Gasteiger partial charge in [0.05, 0.1) is 26.2 Å². The van der Waals surface area contributed by atoms with Crippen molar-refractivity contribution in [2.75, 3.05) is 32.2 Å². The fourth-order valence-corrected chi connectivity index (χ4v) is 1.83. The monoisotopic (exact) mass is 265 g/mol. The second-order valence-corrected chi connectivity index (χ2v) is 4.52. The fourth-order valence-electron chi connectivity index (χ4n) is 1.83. The van der Waals surface area contributed by atoms with E-state index in [2.05, 4.69) is 10.1 Å². The first-order chi connectivity index (χ1) is 9.20. The second kappa shape index (κ2) is 6.31. The van der Waals surface area contributed by atoms with E-state index in [0.717, 1.165) is 23.6 Å². The third-order valence-corrected chi connectivity index (χ3v) is 2.96. The van der Waals surface area contributed by atoms with Crippen LogP contribution in [0.2, 0.25) is 0 Å². The minimum Gasteiger partial charge on any atom is -0.490 e. The van der Waals surface area contributed by atoms with E-state index in [9.17, 15) is 4.79 Å². The summed E-state index contributed by atoms with van der Waals surface area (Å²) in [6.07, 6.45) is 0.886. The Balaban J connectivity index is 1.98. The quantitative estimate of drug-likeness (QED) is 0.845. The van der Waals surface area contributed by atoms with E-state index in [1.807, 2.05) is 25.1 Å². The summed E-state index contributed by atoms with van der Waals surface area (Å²) >= 11 is 0. The molecule has 1 atom stereocenters. The summed E-state index contributed by atoms with van der Waals surface area (Å²) in [4.78, 5) is 11.3. The number of fused-ring (bicyclic) bond motifs is 1. The van der Waals surface area contributed by atoms with E-state index in [1.54, 1.807) is 0 Å². The van der Waals surface area contributed by atoms with Crippen molar-refractivity contribution in [3.63, 3.8) is 0 Å². The Bertz CT molecular complexity index is 447. The Morgan fingerprint density at radius 1 is 1.37 bits per heavy atom. The number of hydrogen-bond donors (Lipinski definition) is 1. The summed E-state index contributed by atoms with van der Waals surface area (Å²) < 4.78 is 15.8. The van der Waals surface area contributed by atoms with Crippen LogP contribution >= 0.6 is 0 Å². The molecule has 5 nitrogen and oxygen atoms in total. The molecular weight excluding hydrogens is 246 g/mol. The van der Waals surface area contributed by atoms with Crippen LogP contribution in [-0.2, 0) is 9.53 Å². The highest BCUT2D eigenvalue weighted by molar-refractivity contribution is 5.72. The lowest BCUT2D eigenvalue weighted by molar-refractivity contribution is -0.144. The van der Waals surface area contributed by atoms with Gasteiger partial charge in [-0.2, -0.15) is 0 Å². The molecule has 0 aromatic heterocycles. The van der Waals surface area contributed by atoms with Crippen molar-refractivity contribution in [2.24, 2.45) is 5.92 Å². The molecule has 0 radical (unpaired) electrons. The normalized spacial score (nSPS) is 15.3. The van der Waals surface area contributed by atoms with Crippen LogP contribution in [0.5, 0.6) is 11.5 Å². The molecule has 2 rings (SSSR count). The molecule has 1 aromatic rings. The maximum atomic E-state index is 11.3. The second-order valence-electron chi connectivity index (χ2n) is 4.52. The largest absolute Gasteiger partial charge is 0.490 e. The maximum Gasteiger partial charge on any atom is 0.310 e. The zero-order valence-electron chi connectivity index (χ0n) is 11.3. The third-order valence-electron chi connectivity index (χ3n) is 2.96. The van der Waals surface area contributed by atoms with Gasteiger partial charge in [-0.1, -0.05) is 6.92 Å². The van der Waals surface area contributed by atoms with E-state index < -0.39 is 0 Å². The van der Waals surface area contributed by atoms with Crippen molar-refractivity contribution in [3.8, 4) is 11.5 Å². The first kappa shape index (κ1) is 13.5. The Kier molecular flexibility index (Phi) is 4.49. The Morgan fingerprint density at radius 2 is 2.11 bits per heavy atom. The number of carbonyl (C=O) groups excluding carboxylic acids is 1. The molecule has 5 heteroatoms. The van der Waals surface area contributed by atoms with Gasteiger partial charge in [0, 0.05) is 24.7 Å². The molecule has 1 N–H and O–H groups in total. The van der Waals surface area contributed by atoms with Crippen molar-refractivity contribution in [2.45, 2.75) is 13.3 Å². The van der Waals surface area contributed by atoms with Crippen LogP contribution < -0.4 is 14.8 Å². The first-order valence-electron chi connectivity index (χ1n) is 6.42. The molecular formula is C14H19NO4. The van der Waals surface area contributed by atoms with Crippen LogP contribution in [0.15, 0.2) is 18.2 Å². The summed E-state index contributed by atoms with van der Waals surface area (Å²) in [5, 5.41) is 3.19. The molecule has 104 valence electrons. The standard InChI is InChI=1S/C14H19NO4/c1-10(14(16)17-2)9-15-11-4-5-12-13(8-11)19-7-3-6-18-12/h4-5,8,10,15H,3,6-7,9H2,1-2H3. The van der Waals surface area contributed by atoms with Crippen LogP contribution in [0.4, 0.5) is 5.69 Å². The van der Waals surface area contributed by atoms with Gasteiger partial charge in [0.1, 0.15) is 0 Å². The zero-order chi connectivity index (χ0) is 13.7. The number of methoxy groups -OCH3 is 1. The maximum absolute atomic E-state index is 11.3. The van der Waals surface area contributed by atoms with Gasteiger partial charge in [-0.15, -0.1) is 0 Å². The minimum absolute atomic E-state index is 0.194. The third kappa shape index (κ3) is 3.53. The van der Waals surface area contributed by atoms with Crippen molar-refractivity contribution in [1.29, 1.82) is 0 Å². The summed E-state index contributed by atoms with van der Waals surface area (Å²) in [6, 6.07) is 5.69. The Labute approximate surface area is 112 Å². The highest BCUT2D eigenvalue weighted by Gasteiger charge is 2.14. The molecule has 1 unspecified atom stereocenters. The molecule has 0 amide bonds. The number of hydrogen-bond acceptors (Lipinski definition) is 5. The van der Waals surface area contributed by atoms with E-state index in [-0.39, 0.29) is 11.9 Å². The summed E-state index contributed by atoms with van der Waals surface area (Å²) in [5.41, 5.74) is 0.903. The lowest BCUT2D eigenvalue weighted by Crippen LogP contribution is -2.21. The van der Waals surface area contributed by atoms with Crippen molar-refractivity contribution in [1.82, 2.24) is 0 Å². The molecule has 0 aliphatic carbocycles. The van der Waals surface area contributed by atoms with Crippen LogP contribution in [0.3, 0.4) is 0 Å². The van der Waals surface area contributed by atoms with E-state index in [4.69, 9.17) is 9.47 Å². The number of ether oxygens (including phenoxy) is 3. The Morgan fingerprint density at radius 3 is 2.84 bits per heavy atom. The smallest absolute Gasteiger partial charge is 0.310 e. The van der Waals surface area contributed by atoms with Crippen molar-refractivity contribution >= 4 is 11.7 Å². The van der Waals surface area contributed by atoms with Gasteiger partial charge in [0.2, 0.25) is 0 Å². The SMILES string of the molecule is COC(=O)C(C)CNc1ccc2c(c1)OCCCO2. The van der Waals surface area contributed by atoms with Crippen molar-refractivity contribution < 1.29 is 19.0 Å². The van der Waals surface area contributed by atoms with Gasteiger partial charge in [0.25, 0.3) is 0 Å². The molecule has 1 heterocycles. The average Bonchev–Trinajstić information content (AvgIpc) is 2.68. The summed E-state index contributed by atoms with van der Waals surface area (Å²) in [5.74, 6) is 1.10. The molecule has 0 fully saturated rings. The van der Waals surface area contributed by atoms with E-state index >= 15 is 0 Å². The van der Waals surface area contributed by atoms with Gasteiger partial charge < -0.3 is 19.5 Å². The van der Waals surface area contributed by atoms with Gasteiger partial charge in [0.15, 0.2) is 11.5 Å². The number of esters is 1. The first-order valence-corrected chi connectivity index (χ1v) is 6.42. The molecule has 19 heavy (non-hydrogen) atoms. The molecule has 0 saturated carbocycles. The number of carbonyl (C=O) groups is 1. The van der Waals surface area contributed by atoms with Gasteiger partial charge >= 0.3 is 5.97 Å². The Hall–Kier alpha value is -1.91. The molecule has 0 saturated heterocycles. The number of rotatable bonds is 4. The lowest BCUT2D eigenvalue weighted by Gasteiger charge is -2.13. The topological polar surface area (TPSA) is 56.8 Å². The minimum atomic E-state index is -0.221. The number of nitrogens with one attached hydrogen (secondary N) is 1. The number of benzene rings is 1. The van der Waals surface area contributed by atoms with Crippen LogP contribution in [-0.4, -0.2) is 32.8 Å². The molecule has 1 aliphatic heterocycles. The predicted molar refractivity (Wildman–Crippen MR) is 71.7 cm³/mol. The van der Waals surface area contributed by atoms with Crippen molar-refractivity contribution in [3.05, 3.63) is 18.2 Å². The highest BCUT2D eigenvalue weighted by atomic mass is 16.5. The van der Waals surface area contributed by atoms with Crippen LogP contribution in [0.1, 0.15) is 13.3 Å². The van der Waals surface area contributed by atoms with E-state index in [1.165, 1.54) is 7.11 Å². The van der Waals surface area contributed by atoms with Gasteiger partial charge in [-0.05, 0) is 12.1 Å². The lowest BCUT2D eigenvalue weighted by atomic mass is 10.2. The average molecular weight is 265 g/mol.